The van der Waals surface area contributed by atoms with E-state index in [1.807, 2.05) is 0 Å². The molecule has 2 N–H and O–H groups in total. The Morgan fingerprint density at radius 3 is 2.70 bits per heavy atom. The van der Waals surface area contributed by atoms with Gasteiger partial charge in [0, 0.05) is 19.1 Å². The molecule has 1 aliphatic carbocycles. The van der Waals surface area contributed by atoms with E-state index in [4.69, 9.17) is 5.11 Å². The molecule has 0 spiro atoms. The maximum atomic E-state index is 12.4. The number of rotatable bonds is 8. The topological polar surface area (TPSA) is 69.6 Å². The highest BCUT2D eigenvalue weighted by Crippen LogP contribution is 2.28. The van der Waals surface area contributed by atoms with Gasteiger partial charge in [0.2, 0.25) is 10.0 Å². The Labute approximate surface area is 120 Å². The number of benzene rings is 1. The number of hydrogen-bond acceptors (Lipinski definition) is 4. The molecule has 0 bridgehead atoms. The number of nitrogens with zero attached hydrogens (tertiary/aromatic N) is 1. The zero-order chi connectivity index (χ0) is 14.6. The SMILES string of the molecule is C=CCN(CCO)c1ccccc1S(=O)(=O)NC1CC1. The molecule has 2 rings (SSSR count). The molecule has 1 fully saturated rings. The summed E-state index contributed by atoms with van der Waals surface area (Å²) < 4.78 is 27.5. The highest BCUT2D eigenvalue weighted by molar-refractivity contribution is 7.89. The second-order valence-electron chi connectivity index (χ2n) is 4.82. The van der Waals surface area contributed by atoms with Gasteiger partial charge in [-0.25, -0.2) is 13.1 Å². The summed E-state index contributed by atoms with van der Waals surface area (Å²) in [7, 11) is -3.52. The molecule has 20 heavy (non-hydrogen) atoms. The summed E-state index contributed by atoms with van der Waals surface area (Å²) in [6, 6.07) is 6.90. The molecule has 1 saturated carbocycles. The Bertz CT molecular complexity index is 568. The van der Waals surface area contributed by atoms with Gasteiger partial charge in [-0.15, -0.1) is 6.58 Å². The highest BCUT2D eigenvalue weighted by atomic mass is 32.2. The van der Waals surface area contributed by atoms with Gasteiger partial charge in [-0.05, 0) is 25.0 Å². The van der Waals surface area contributed by atoms with Crippen LogP contribution in [0.15, 0.2) is 41.8 Å². The minimum Gasteiger partial charge on any atom is -0.395 e. The Balaban J connectivity index is 2.34. The molecule has 6 heteroatoms. The van der Waals surface area contributed by atoms with Crippen LogP contribution in [-0.4, -0.2) is 39.3 Å². The number of para-hydroxylation sites is 1. The largest absolute Gasteiger partial charge is 0.395 e. The standard InChI is InChI=1S/C14H20N2O3S/c1-2-9-16(10-11-17)13-5-3-4-6-14(13)20(18,19)15-12-7-8-12/h2-6,12,15,17H,1,7-11H2. The van der Waals surface area contributed by atoms with Crippen molar-refractivity contribution >= 4 is 15.7 Å². The van der Waals surface area contributed by atoms with E-state index < -0.39 is 10.0 Å². The molecule has 1 aromatic carbocycles. The van der Waals surface area contributed by atoms with Crippen molar-refractivity contribution in [3.05, 3.63) is 36.9 Å². The van der Waals surface area contributed by atoms with Crippen LogP contribution in [0.5, 0.6) is 0 Å². The highest BCUT2D eigenvalue weighted by Gasteiger charge is 2.29. The summed E-state index contributed by atoms with van der Waals surface area (Å²) >= 11 is 0. The number of aliphatic hydroxyl groups excluding tert-OH is 1. The van der Waals surface area contributed by atoms with E-state index in [2.05, 4.69) is 11.3 Å². The normalized spacial score (nSPS) is 15.1. The van der Waals surface area contributed by atoms with Gasteiger partial charge >= 0.3 is 0 Å². The third-order valence-electron chi connectivity index (χ3n) is 3.11. The van der Waals surface area contributed by atoms with E-state index in [0.717, 1.165) is 12.8 Å². The van der Waals surface area contributed by atoms with E-state index >= 15 is 0 Å². The lowest BCUT2D eigenvalue weighted by atomic mass is 10.3. The van der Waals surface area contributed by atoms with Crippen LogP contribution in [0.3, 0.4) is 0 Å². The van der Waals surface area contributed by atoms with Crippen molar-refractivity contribution in [3.8, 4) is 0 Å². The molecule has 0 heterocycles. The molecule has 1 aliphatic rings. The van der Waals surface area contributed by atoms with Crippen LogP contribution in [0.2, 0.25) is 0 Å². The zero-order valence-corrected chi connectivity index (χ0v) is 12.1. The van der Waals surface area contributed by atoms with Crippen molar-refractivity contribution in [3.63, 3.8) is 0 Å². The predicted octanol–water partition coefficient (Wildman–Crippen LogP) is 1.11. The van der Waals surface area contributed by atoms with Gasteiger partial charge in [0.25, 0.3) is 0 Å². The van der Waals surface area contributed by atoms with Gasteiger partial charge < -0.3 is 10.0 Å². The van der Waals surface area contributed by atoms with Crippen molar-refractivity contribution in [1.29, 1.82) is 0 Å². The summed E-state index contributed by atoms with van der Waals surface area (Å²) in [4.78, 5) is 2.05. The van der Waals surface area contributed by atoms with Gasteiger partial charge in [-0.2, -0.15) is 0 Å². The second kappa shape index (κ2) is 6.39. The van der Waals surface area contributed by atoms with Gasteiger partial charge in [0.15, 0.2) is 0 Å². The minimum atomic E-state index is -3.52. The minimum absolute atomic E-state index is 0.0434. The molecule has 0 saturated heterocycles. The first-order valence-electron chi connectivity index (χ1n) is 6.66. The van der Waals surface area contributed by atoms with Crippen molar-refractivity contribution in [1.82, 2.24) is 4.72 Å². The molecular formula is C14H20N2O3S. The van der Waals surface area contributed by atoms with Crippen LogP contribution >= 0.6 is 0 Å². The fraction of sp³-hybridized carbons (Fsp3) is 0.429. The van der Waals surface area contributed by atoms with Crippen molar-refractivity contribution < 1.29 is 13.5 Å². The second-order valence-corrected chi connectivity index (χ2v) is 6.50. The first-order valence-corrected chi connectivity index (χ1v) is 8.15. The summed E-state index contributed by atoms with van der Waals surface area (Å²) in [6.07, 6.45) is 3.48. The van der Waals surface area contributed by atoms with Crippen molar-refractivity contribution in [2.24, 2.45) is 0 Å². The maximum Gasteiger partial charge on any atom is 0.242 e. The lowest BCUT2D eigenvalue weighted by Gasteiger charge is -2.24. The summed E-state index contributed by atoms with van der Waals surface area (Å²) in [5, 5.41) is 9.13. The molecule has 110 valence electrons. The Morgan fingerprint density at radius 1 is 1.40 bits per heavy atom. The lowest BCUT2D eigenvalue weighted by Crippen LogP contribution is -2.31. The van der Waals surface area contributed by atoms with Gasteiger partial charge in [-0.1, -0.05) is 18.2 Å². The third-order valence-corrected chi connectivity index (χ3v) is 4.68. The third kappa shape index (κ3) is 3.59. The predicted molar refractivity (Wildman–Crippen MR) is 79.3 cm³/mol. The van der Waals surface area contributed by atoms with Crippen LogP contribution in [0.1, 0.15) is 12.8 Å². The maximum absolute atomic E-state index is 12.4. The first kappa shape index (κ1) is 15.0. The molecule has 1 aromatic rings. The van der Waals surface area contributed by atoms with Crippen molar-refractivity contribution in [2.75, 3.05) is 24.6 Å². The van der Waals surface area contributed by atoms with Crippen LogP contribution < -0.4 is 9.62 Å². The number of hydrogen-bond donors (Lipinski definition) is 2. The van der Waals surface area contributed by atoms with Crippen molar-refractivity contribution in [2.45, 2.75) is 23.8 Å². The van der Waals surface area contributed by atoms with Gasteiger partial charge in [0.05, 0.1) is 12.3 Å². The molecule has 0 aromatic heterocycles. The molecular weight excluding hydrogens is 276 g/mol. The van der Waals surface area contributed by atoms with E-state index in [1.165, 1.54) is 0 Å². The Kier molecular flexibility index (Phi) is 4.80. The van der Waals surface area contributed by atoms with Crippen LogP contribution in [-0.2, 0) is 10.0 Å². The lowest BCUT2D eigenvalue weighted by molar-refractivity contribution is 0.303. The number of nitrogens with one attached hydrogen (secondary N) is 1. The zero-order valence-electron chi connectivity index (χ0n) is 11.3. The van der Waals surface area contributed by atoms with E-state index in [-0.39, 0.29) is 17.5 Å². The number of sulfonamides is 1. The van der Waals surface area contributed by atoms with Gasteiger partial charge in [-0.3, -0.25) is 0 Å². The van der Waals surface area contributed by atoms with E-state index in [1.54, 1.807) is 35.2 Å². The van der Waals surface area contributed by atoms with Gasteiger partial charge in [0.1, 0.15) is 4.90 Å². The quantitative estimate of drug-likeness (QED) is 0.705. The molecule has 0 atom stereocenters. The van der Waals surface area contributed by atoms with Crippen LogP contribution in [0.25, 0.3) is 0 Å². The summed E-state index contributed by atoms with van der Waals surface area (Å²) in [6.45, 7) is 4.47. The molecule has 0 amide bonds. The molecule has 0 radical (unpaired) electrons. The average molecular weight is 296 g/mol. The molecule has 0 unspecified atom stereocenters. The van der Waals surface area contributed by atoms with E-state index in [0.29, 0.717) is 18.8 Å². The fourth-order valence-electron chi connectivity index (χ4n) is 2.02. The number of aliphatic hydroxyl groups is 1. The molecule has 5 nitrogen and oxygen atoms in total. The number of anilines is 1. The smallest absolute Gasteiger partial charge is 0.242 e. The average Bonchev–Trinajstić information content (AvgIpc) is 3.22. The first-order chi connectivity index (χ1) is 9.58. The fourth-order valence-corrected chi connectivity index (χ4v) is 3.55. The Morgan fingerprint density at radius 2 is 2.10 bits per heavy atom. The monoisotopic (exact) mass is 296 g/mol. The molecule has 0 aliphatic heterocycles. The van der Waals surface area contributed by atoms with Crippen LogP contribution in [0, 0.1) is 0 Å². The Hall–Kier alpha value is -1.37. The summed E-state index contributed by atoms with van der Waals surface area (Å²) in [5.41, 5.74) is 0.592. The summed E-state index contributed by atoms with van der Waals surface area (Å²) in [5.74, 6) is 0. The van der Waals surface area contributed by atoms with Crippen LogP contribution in [0.4, 0.5) is 5.69 Å². The van der Waals surface area contributed by atoms with E-state index in [9.17, 15) is 8.42 Å².